The van der Waals surface area contributed by atoms with Crippen LogP contribution in [0.1, 0.15) is 26.2 Å². The molecule has 4 heteroatoms. The lowest BCUT2D eigenvalue weighted by Gasteiger charge is -2.00. The van der Waals surface area contributed by atoms with E-state index in [1.165, 1.54) is 18.2 Å². The predicted octanol–water partition coefficient (Wildman–Crippen LogP) is 3.73. The van der Waals surface area contributed by atoms with Crippen LogP contribution in [0.5, 0.6) is 0 Å². The van der Waals surface area contributed by atoms with E-state index in [2.05, 4.69) is 18.8 Å². The monoisotopic (exact) mass is 282 g/mol. The molecule has 1 aromatic carbocycles. The molecule has 0 aliphatic rings. The highest BCUT2D eigenvalue weighted by Crippen LogP contribution is 2.21. The van der Waals surface area contributed by atoms with Gasteiger partial charge in [0.25, 0.3) is 0 Å². The van der Waals surface area contributed by atoms with Crippen LogP contribution >= 0.6 is 11.6 Å². The molecule has 0 saturated heterocycles. The summed E-state index contributed by atoms with van der Waals surface area (Å²) in [6.45, 7) is 2.07. The Bertz CT molecular complexity index is 563. The molecule has 0 aliphatic carbocycles. The SMILES string of the molecule is CCCCC#C/C=C(\Cl)S(=O)(=O)c1ccccc1. The van der Waals surface area contributed by atoms with Crippen LogP contribution in [0.2, 0.25) is 0 Å². The largest absolute Gasteiger partial charge is 0.218 e. The van der Waals surface area contributed by atoms with Gasteiger partial charge in [0.05, 0.1) is 4.90 Å². The average Bonchev–Trinajstić information content (AvgIpc) is 2.39. The van der Waals surface area contributed by atoms with Crippen molar-refractivity contribution in [1.29, 1.82) is 0 Å². The highest BCUT2D eigenvalue weighted by Gasteiger charge is 2.17. The number of sulfone groups is 1. The van der Waals surface area contributed by atoms with Crippen LogP contribution in [0.25, 0.3) is 0 Å². The van der Waals surface area contributed by atoms with Crippen molar-refractivity contribution in [3.05, 3.63) is 40.8 Å². The van der Waals surface area contributed by atoms with Crippen molar-refractivity contribution < 1.29 is 8.42 Å². The molecular formula is C14H15ClO2S. The van der Waals surface area contributed by atoms with Crippen LogP contribution in [-0.4, -0.2) is 8.42 Å². The maximum Gasteiger partial charge on any atom is 0.217 e. The molecule has 0 radical (unpaired) electrons. The number of unbranched alkanes of at least 4 members (excludes halogenated alkanes) is 2. The zero-order valence-electron chi connectivity index (χ0n) is 10.2. The Morgan fingerprint density at radius 1 is 1.33 bits per heavy atom. The molecule has 0 saturated carbocycles. The number of hydrogen-bond donors (Lipinski definition) is 0. The topological polar surface area (TPSA) is 34.1 Å². The van der Waals surface area contributed by atoms with Crippen LogP contribution < -0.4 is 0 Å². The maximum absolute atomic E-state index is 12.0. The zero-order chi connectivity index (χ0) is 13.4. The van der Waals surface area contributed by atoms with Crippen molar-refractivity contribution in [3.8, 4) is 11.8 Å². The molecule has 1 aromatic rings. The molecule has 0 spiro atoms. The normalized spacial score (nSPS) is 11.8. The number of halogens is 1. The first-order valence-corrected chi connectivity index (χ1v) is 7.59. The van der Waals surface area contributed by atoms with Crippen LogP contribution in [0.4, 0.5) is 0 Å². The third-order valence-corrected chi connectivity index (χ3v) is 4.50. The highest BCUT2D eigenvalue weighted by molar-refractivity contribution is 7.96. The third-order valence-electron chi connectivity index (χ3n) is 2.25. The molecule has 1 rings (SSSR count). The van der Waals surface area contributed by atoms with E-state index in [9.17, 15) is 8.42 Å². The first kappa shape index (κ1) is 14.8. The predicted molar refractivity (Wildman–Crippen MR) is 74.9 cm³/mol. The van der Waals surface area contributed by atoms with Crippen LogP contribution in [0, 0.1) is 11.8 Å². The van der Waals surface area contributed by atoms with E-state index in [0.29, 0.717) is 0 Å². The fourth-order valence-electron chi connectivity index (χ4n) is 1.23. The summed E-state index contributed by atoms with van der Waals surface area (Å²) >= 11 is 5.79. The number of allylic oxidation sites excluding steroid dienone is 1. The second-order valence-electron chi connectivity index (χ2n) is 3.69. The standard InChI is InChI=1S/C14H15ClO2S/c1-2-3-4-5-9-12-14(15)18(16,17)13-10-7-6-8-11-13/h6-8,10-12H,2-4H2,1H3/b14-12+. The van der Waals surface area contributed by atoms with Gasteiger partial charge in [0, 0.05) is 12.5 Å². The van der Waals surface area contributed by atoms with Crippen LogP contribution in [0.15, 0.2) is 45.7 Å². The van der Waals surface area contributed by atoms with Gasteiger partial charge in [-0.3, -0.25) is 0 Å². The Morgan fingerprint density at radius 2 is 2.00 bits per heavy atom. The van der Waals surface area contributed by atoms with E-state index in [0.717, 1.165) is 19.3 Å². The van der Waals surface area contributed by atoms with Gasteiger partial charge in [-0.2, -0.15) is 0 Å². The van der Waals surface area contributed by atoms with Crippen LogP contribution in [-0.2, 0) is 9.84 Å². The first-order valence-electron chi connectivity index (χ1n) is 5.73. The van der Waals surface area contributed by atoms with Crippen molar-refractivity contribution >= 4 is 21.4 Å². The lowest BCUT2D eigenvalue weighted by Crippen LogP contribution is -2.00. The Balaban J connectivity index is 2.85. The smallest absolute Gasteiger partial charge is 0.217 e. The lowest BCUT2D eigenvalue weighted by molar-refractivity contribution is 0.604. The fraction of sp³-hybridized carbons (Fsp3) is 0.286. The highest BCUT2D eigenvalue weighted by atomic mass is 35.5. The molecule has 0 aliphatic heterocycles. The molecule has 0 amide bonds. The van der Waals surface area contributed by atoms with Crippen molar-refractivity contribution in [2.24, 2.45) is 0 Å². The molecule has 0 unspecified atom stereocenters. The summed E-state index contributed by atoms with van der Waals surface area (Å²) in [5, 5.41) is 0. The minimum Gasteiger partial charge on any atom is -0.218 e. The summed E-state index contributed by atoms with van der Waals surface area (Å²) in [7, 11) is -3.61. The van der Waals surface area contributed by atoms with Gasteiger partial charge < -0.3 is 0 Å². The lowest BCUT2D eigenvalue weighted by atomic mass is 10.2. The minimum atomic E-state index is -3.61. The second-order valence-corrected chi connectivity index (χ2v) is 6.24. The van der Waals surface area contributed by atoms with Gasteiger partial charge in [-0.25, -0.2) is 8.42 Å². The van der Waals surface area contributed by atoms with Crippen LogP contribution in [0.3, 0.4) is 0 Å². The Morgan fingerprint density at radius 3 is 2.61 bits per heavy atom. The van der Waals surface area contributed by atoms with E-state index < -0.39 is 9.84 Å². The molecule has 2 nitrogen and oxygen atoms in total. The molecule has 0 N–H and O–H groups in total. The van der Waals surface area contributed by atoms with Crippen molar-refractivity contribution in [2.45, 2.75) is 31.1 Å². The van der Waals surface area contributed by atoms with Gasteiger partial charge in [0.2, 0.25) is 9.84 Å². The molecule has 0 fully saturated rings. The quantitative estimate of drug-likeness (QED) is 0.623. The molecule has 0 bridgehead atoms. The average molecular weight is 283 g/mol. The minimum absolute atomic E-state index is 0.182. The molecule has 96 valence electrons. The van der Waals surface area contributed by atoms with Gasteiger partial charge in [-0.05, 0) is 18.6 Å². The summed E-state index contributed by atoms with van der Waals surface area (Å²) in [6.07, 6.45) is 4.07. The summed E-state index contributed by atoms with van der Waals surface area (Å²) in [5.74, 6) is 5.54. The number of benzene rings is 1. The number of rotatable bonds is 4. The Hall–Kier alpha value is -1.24. The molecule has 18 heavy (non-hydrogen) atoms. The van der Waals surface area contributed by atoms with Crippen molar-refractivity contribution in [1.82, 2.24) is 0 Å². The Kier molecular flexibility index (Phi) is 5.97. The summed E-state index contributed by atoms with van der Waals surface area (Å²) in [6, 6.07) is 8.08. The summed E-state index contributed by atoms with van der Waals surface area (Å²) in [4.78, 5) is 0.182. The molecule has 0 heterocycles. The fourth-order valence-corrected chi connectivity index (χ4v) is 2.51. The molecule has 0 atom stereocenters. The molecule has 0 aromatic heterocycles. The summed E-state index contributed by atoms with van der Waals surface area (Å²) < 4.78 is 23.7. The van der Waals surface area contributed by atoms with E-state index >= 15 is 0 Å². The van der Waals surface area contributed by atoms with E-state index in [-0.39, 0.29) is 9.26 Å². The van der Waals surface area contributed by atoms with Crippen molar-refractivity contribution in [3.63, 3.8) is 0 Å². The van der Waals surface area contributed by atoms with Gasteiger partial charge in [0.15, 0.2) is 0 Å². The zero-order valence-corrected chi connectivity index (χ0v) is 11.8. The van der Waals surface area contributed by atoms with E-state index in [4.69, 9.17) is 11.6 Å². The molecular weight excluding hydrogens is 268 g/mol. The van der Waals surface area contributed by atoms with Gasteiger partial charge in [-0.15, -0.1) is 0 Å². The maximum atomic E-state index is 12.0. The summed E-state index contributed by atoms with van der Waals surface area (Å²) in [5.41, 5.74) is 0. The second kappa shape index (κ2) is 7.25. The van der Waals surface area contributed by atoms with Gasteiger partial charge >= 0.3 is 0 Å². The first-order chi connectivity index (χ1) is 8.59. The van der Waals surface area contributed by atoms with Gasteiger partial charge in [-0.1, -0.05) is 55.0 Å². The van der Waals surface area contributed by atoms with Crippen molar-refractivity contribution in [2.75, 3.05) is 0 Å². The third kappa shape index (κ3) is 4.21. The van der Waals surface area contributed by atoms with E-state index in [1.807, 2.05) is 0 Å². The number of hydrogen-bond acceptors (Lipinski definition) is 2. The Labute approximate surface area is 114 Å². The van der Waals surface area contributed by atoms with Gasteiger partial charge in [0.1, 0.15) is 4.36 Å². The van der Waals surface area contributed by atoms with E-state index in [1.54, 1.807) is 18.2 Å².